The van der Waals surface area contributed by atoms with Gasteiger partial charge in [0.15, 0.2) is 43.0 Å². The number of esters is 6. The Labute approximate surface area is 345 Å². The van der Waals surface area contributed by atoms with E-state index in [1.165, 1.54) is 7.05 Å². The van der Waals surface area contributed by atoms with Crippen molar-refractivity contribution in [2.24, 2.45) is 0 Å². The molecule has 0 radical (unpaired) electrons. The van der Waals surface area contributed by atoms with Crippen LogP contribution in [-0.4, -0.2) is 154 Å². The molecule has 0 aromatic heterocycles. The summed E-state index contributed by atoms with van der Waals surface area (Å²) >= 11 is 0. The molecule has 1 aromatic rings. The molecule has 2 fully saturated rings. The molecule has 3 rings (SSSR count). The molecule has 2 amide bonds. The Kier molecular flexibility index (Phi) is 19.4. The molecule has 0 spiro atoms. The largest absolute Gasteiger partial charge is 0.463 e. The highest BCUT2D eigenvalue weighted by Crippen LogP contribution is 2.36. The van der Waals surface area contributed by atoms with Gasteiger partial charge >= 0.3 is 48.0 Å². The van der Waals surface area contributed by atoms with E-state index in [9.17, 15) is 38.4 Å². The van der Waals surface area contributed by atoms with Crippen molar-refractivity contribution in [1.82, 2.24) is 10.2 Å². The molecule has 2 aliphatic heterocycles. The fourth-order valence-corrected chi connectivity index (χ4v) is 6.16. The third-order valence-corrected chi connectivity index (χ3v) is 8.48. The van der Waals surface area contributed by atoms with Gasteiger partial charge in [-0.25, -0.2) is 9.59 Å². The molecule has 60 heavy (non-hydrogen) atoms. The number of benzene rings is 1. The van der Waals surface area contributed by atoms with Crippen molar-refractivity contribution in [1.29, 1.82) is 0 Å². The zero-order valence-corrected chi connectivity index (χ0v) is 34.5. The molecule has 22 nitrogen and oxygen atoms in total. The Morgan fingerprint density at radius 3 is 1.63 bits per heavy atom. The van der Waals surface area contributed by atoms with E-state index in [0.29, 0.717) is 5.56 Å². The van der Waals surface area contributed by atoms with Gasteiger partial charge in [0.1, 0.15) is 38.1 Å². The number of hydrogen-bond donors (Lipinski definition) is 1. The van der Waals surface area contributed by atoms with E-state index in [-0.39, 0.29) is 26.4 Å². The SMILES string of the molecule is CCOCCN(C(=O)OCc1ccccc1)C1O[C@@H](COC(C)=O)[C@@H](OC(C)=O)[C@H](OC(C)=O)[C@@H]1O[C@H]1O[C@H](COC(C)=O)[C@@H](OC(=O)NC)[C@H](OC(C)=O)[C@@H]1OC(C)=O. The van der Waals surface area contributed by atoms with Crippen LogP contribution in [0.4, 0.5) is 9.59 Å². The second-order valence-corrected chi connectivity index (χ2v) is 13.2. The van der Waals surface area contributed by atoms with E-state index >= 15 is 0 Å². The number of rotatable bonds is 18. The van der Waals surface area contributed by atoms with Crippen molar-refractivity contribution in [3.05, 3.63) is 35.9 Å². The van der Waals surface area contributed by atoms with Crippen molar-refractivity contribution in [3.8, 4) is 0 Å². The summed E-state index contributed by atoms with van der Waals surface area (Å²) in [6, 6.07) is 8.64. The number of hydrogen-bond acceptors (Lipinski definition) is 20. The minimum atomic E-state index is -1.94. The van der Waals surface area contributed by atoms with Gasteiger partial charge in [-0.15, -0.1) is 0 Å². The predicted molar refractivity (Wildman–Crippen MR) is 197 cm³/mol. The van der Waals surface area contributed by atoms with Crippen LogP contribution in [0.5, 0.6) is 0 Å². The van der Waals surface area contributed by atoms with Gasteiger partial charge in [0, 0.05) is 55.2 Å². The second-order valence-electron chi connectivity index (χ2n) is 13.2. The van der Waals surface area contributed by atoms with Crippen LogP contribution >= 0.6 is 0 Å². The summed E-state index contributed by atoms with van der Waals surface area (Å²) in [5, 5.41) is 2.24. The molecule has 0 aliphatic carbocycles. The number of carbonyl (C=O) groups is 8. The first-order valence-electron chi connectivity index (χ1n) is 18.8. The first kappa shape index (κ1) is 48.8. The predicted octanol–water partition coefficient (Wildman–Crippen LogP) is 1.07. The zero-order chi connectivity index (χ0) is 44.5. The summed E-state index contributed by atoms with van der Waals surface area (Å²) in [5.74, 6) is -5.33. The summed E-state index contributed by atoms with van der Waals surface area (Å²) in [7, 11) is 1.23. The van der Waals surface area contributed by atoms with Crippen LogP contribution in [0.2, 0.25) is 0 Å². The number of carbonyl (C=O) groups excluding carboxylic acids is 8. The molecular formula is C38H52N2O20. The van der Waals surface area contributed by atoms with Crippen LogP contribution in [0.25, 0.3) is 0 Å². The highest BCUT2D eigenvalue weighted by molar-refractivity contribution is 5.70. The van der Waals surface area contributed by atoms with Crippen LogP contribution in [0.15, 0.2) is 30.3 Å². The summed E-state index contributed by atoms with van der Waals surface area (Å²) < 4.78 is 68.7. The van der Waals surface area contributed by atoms with Gasteiger partial charge in [-0.1, -0.05) is 30.3 Å². The topological polar surface area (TPSA) is 263 Å². The first-order chi connectivity index (χ1) is 28.4. The van der Waals surface area contributed by atoms with Gasteiger partial charge in [0.05, 0.1) is 13.2 Å². The quantitative estimate of drug-likeness (QED) is 0.123. The lowest BCUT2D eigenvalue weighted by Gasteiger charge is -2.50. The molecular weight excluding hydrogens is 804 g/mol. The van der Waals surface area contributed by atoms with Crippen molar-refractivity contribution >= 4 is 48.0 Å². The van der Waals surface area contributed by atoms with E-state index in [0.717, 1.165) is 46.4 Å². The summed E-state index contributed by atoms with van der Waals surface area (Å²) in [6.07, 6.45) is -19.1. The normalized spacial score (nSPS) is 25.9. The Morgan fingerprint density at radius 1 is 0.617 bits per heavy atom. The molecule has 0 saturated carbocycles. The minimum Gasteiger partial charge on any atom is -0.463 e. The average molecular weight is 857 g/mol. The summed E-state index contributed by atoms with van der Waals surface area (Å²) in [4.78, 5) is 102. The van der Waals surface area contributed by atoms with Gasteiger partial charge in [0.2, 0.25) is 0 Å². The fraction of sp³-hybridized carbons (Fsp3) is 0.632. The maximum Gasteiger partial charge on any atom is 0.412 e. The summed E-state index contributed by atoms with van der Waals surface area (Å²) in [5.41, 5.74) is 0.608. The van der Waals surface area contributed by atoms with Crippen molar-refractivity contribution in [2.45, 2.75) is 116 Å². The summed E-state index contributed by atoms with van der Waals surface area (Å²) in [6.45, 7) is 6.35. The smallest absolute Gasteiger partial charge is 0.412 e. The average Bonchev–Trinajstić information content (AvgIpc) is 3.17. The monoisotopic (exact) mass is 856 g/mol. The Hall–Kier alpha value is -5.58. The number of ether oxygens (including phenoxy) is 12. The van der Waals surface area contributed by atoms with Gasteiger partial charge in [0.25, 0.3) is 0 Å². The minimum absolute atomic E-state index is 0.114. The molecule has 22 heteroatoms. The molecule has 2 aliphatic rings. The number of amides is 2. The Bertz CT molecular complexity index is 1640. The second kappa shape index (κ2) is 23.9. The van der Waals surface area contributed by atoms with Crippen LogP contribution in [0.1, 0.15) is 54.0 Å². The third-order valence-electron chi connectivity index (χ3n) is 8.48. The van der Waals surface area contributed by atoms with Gasteiger partial charge in [-0.05, 0) is 12.5 Å². The molecule has 1 unspecified atom stereocenters. The maximum absolute atomic E-state index is 14.1. The molecule has 1 aromatic carbocycles. The Morgan fingerprint density at radius 2 is 1.12 bits per heavy atom. The highest BCUT2D eigenvalue weighted by atomic mass is 16.8. The van der Waals surface area contributed by atoms with E-state index in [4.69, 9.17) is 56.8 Å². The Balaban J connectivity index is 2.29. The fourth-order valence-electron chi connectivity index (χ4n) is 6.16. The third kappa shape index (κ3) is 14.9. The van der Waals surface area contributed by atoms with Gasteiger partial charge in [-0.3, -0.25) is 33.7 Å². The number of nitrogens with one attached hydrogen (secondary N) is 1. The van der Waals surface area contributed by atoms with Gasteiger partial charge in [-0.2, -0.15) is 0 Å². The molecule has 1 N–H and O–H groups in total. The number of nitrogens with zero attached hydrogens (tertiary/aromatic N) is 1. The van der Waals surface area contributed by atoms with E-state index in [1.54, 1.807) is 37.3 Å². The van der Waals surface area contributed by atoms with E-state index in [2.05, 4.69) is 5.32 Å². The standard InChI is InChI=1S/C38H52N2O20/c1-9-49-16-15-40(38(48)52-17-26-13-11-10-12-14-26)35-33(31(54-23(5)44)29(53-22(4)43)27(57-35)18-50-20(2)41)59-36-34(56-25(7)46)32(55-24(6)45)30(60-37(47)39-8)28(58-36)19-51-21(3)42/h10-14,27-36H,9,15-19H2,1-8H3,(H,39,47)/t27-,28+,29+,30+,31-,32-,33-,34-,35?,36+/m0/s1. The van der Waals surface area contributed by atoms with Crippen molar-refractivity contribution in [3.63, 3.8) is 0 Å². The lowest BCUT2D eigenvalue weighted by Crippen LogP contribution is -2.69. The highest BCUT2D eigenvalue weighted by Gasteiger charge is 2.59. The van der Waals surface area contributed by atoms with E-state index < -0.39 is 123 Å². The number of alkyl carbamates (subject to hydrolysis) is 1. The molecule has 334 valence electrons. The van der Waals surface area contributed by atoms with E-state index in [1.807, 2.05) is 0 Å². The van der Waals surface area contributed by atoms with Crippen LogP contribution < -0.4 is 5.32 Å². The molecule has 0 bridgehead atoms. The maximum atomic E-state index is 14.1. The van der Waals surface area contributed by atoms with Crippen LogP contribution in [-0.2, 0) is 92.2 Å². The zero-order valence-electron chi connectivity index (χ0n) is 34.5. The van der Waals surface area contributed by atoms with Crippen molar-refractivity contribution in [2.75, 3.05) is 40.0 Å². The van der Waals surface area contributed by atoms with Gasteiger partial charge < -0.3 is 62.2 Å². The first-order valence-corrected chi connectivity index (χ1v) is 18.8. The molecule has 2 saturated heterocycles. The van der Waals surface area contributed by atoms with Crippen LogP contribution in [0, 0.1) is 0 Å². The lowest BCUT2D eigenvalue weighted by atomic mass is 9.95. The molecule has 2 heterocycles. The lowest BCUT2D eigenvalue weighted by molar-refractivity contribution is -0.352. The van der Waals surface area contributed by atoms with Crippen LogP contribution in [0.3, 0.4) is 0 Å². The molecule has 10 atom stereocenters. The van der Waals surface area contributed by atoms with Crippen molar-refractivity contribution < 1.29 is 95.2 Å².